The van der Waals surface area contributed by atoms with Gasteiger partial charge in [0.1, 0.15) is 5.82 Å². The van der Waals surface area contributed by atoms with Crippen molar-refractivity contribution in [2.24, 2.45) is 7.05 Å². The number of amides is 1. The number of aryl methyl sites for hydroxylation is 2. The summed E-state index contributed by atoms with van der Waals surface area (Å²) in [7, 11) is 1.70. The van der Waals surface area contributed by atoms with Crippen molar-refractivity contribution in [2.75, 3.05) is 5.32 Å². The Morgan fingerprint density at radius 3 is 2.54 bits per heavy atom. The Bertz CT molecular complexity index is 971. The molecule has 0 saturated carbocycles. The highest BCUT2D eigenvalue weighted by Crippen LogP contribution is 2.30. The van der Waals surface area contributed by atoms with Gasteiger partial charge in [0.2, 0.25) is 0 Å². The molecule has 1 amide bonds. The number of nitrogens with zero attached hydrogens (tertiary/aromatic N) is 4. The summed E-state index contributed by atoms with van der Waals surface area (Å²) in [4.78, 5) is 12.5. The molecule has 0 unspecified atom stereocenters. The van der Waals surface area contributed by atoms with Gasteiger partial charge in [0.15, 0.2) is 0 Å². The number of carbonyl (C=O) groups excluding carboxylic acids is 1. The van der Waals surface area contributed by atoms with Crippen molar-refractivity contribution in [1.29, 1.82) is 0 Å². The van der Waals surface area contributed by atoms with E-state index >= 15 is 0 Å². The predicted octanol–water partition coefficient (Wildman–Crippen LogP) is 3.49. The summed E-state index contributed by atoms with van der Waals surface area (Å²) in [6.07, 6.45) is -3.12. The molecule has 0 aliphatic carbocycles. The van der Waals surface area contributed by atoms with Crippen molar-refractivity contribution in [2.45, 2.75) is 20.0 Å². The van der Waals surface area contributed by atoms with E-state index in [1.165, 1.54) is 27.7 Å². The van der Waals surface area contributed by atoms with Gasteiger partial charge in [-0.3, -0.25) is 9.48 Å². The molecular weight excluding hydrogens is 347 g/mol. The highest BCUT2D eigenvalue weighted by atomic mass is 19.4. The lowest BCUT2D eigenvalue weighted by Gasteiger charge is -2.10. The van der Waals surface area contributed by atoms with E-state index in [1.807, 2.05) is 0 Å². The zero-order valence-electron chi connectivity index (χ0n) is 14.3. The van der Waals surface area contributed by atoms with Gasteiger partial charge in [0.25, 0.3) is 5.91 Å². The monoisotopic (exact) mass is 363 g/mol. The van der Waals surface area contributed by atoms with Crippen LogP contribution < -0.4 is 5.32 Å². The van der Waals surface area contributed by atoms with Crippen LogP contribution in [-0.4, -0.2) is 25.5 Å². The molecule has 3 rings (SSSR count). The van der Waals surface area contributed by atoms with Gasteiger partial charge in [-0.25, -0.2) is 4.68 Å². The van der Waals surface area contributed by atoms with Crippen LogP contribution in [0.2, 0.25) is 0 Å². The second-order valence-corrected chi connectivity index (χ2v) is 5.85. The topological polar surface area (TPSA) is 64.7 Å². The van der Waals surface area contributed by atoms with Gasteiger partial charge in [-0.15, -0.1) is 0 Å². The highest BCUT2D eigenvalue weighted by molar-refractivity contribution is 6.04. The van der Waals surface area contributed by atoms with Crippen molar-refractivity contribution in [1.82, 2.24) is 19.6 Å². The lowest BCUT2D eigenvalue weighted by atomic mass is 10.2. The SMILES string of the molecule is Cc1cc(NC(=O)c2cnn(-c3cccc(C(F)(F)F)c3)c2C)n(C)n1. The van der Waals surface area contributed by atoms with E-state index in [0.717, 1.165) is 17.8 Å². The van der Waals surface area contributed by atoms with Crippen LogP contribution in [0, 0.1) is 13.8 Å². The first-order chi connectivity index (χ1) is 12.2. The minimum Gasteiger partial charge on any atom is -0.307 e. The third-order valence-electron chi connectivity index (χ3n) is 3.92. The fourth-order valence-corrected chi connectivity index (χ4v) is 2.62. The molecule has 2 aromatic heterocycles. The number of alkyl halides is 3. The van der Waals surface area contributed by atoms with Gasteiger partial charge in [0, 0.05) is 13.1 Å². The van der Waals surface area contributed by atoms with Crippen LogP contribution in [0.4, 0.5) is 19.0 Å². The molecule has 0 aliphatic heterocycles. The van der Waals surface area contributed by atoms with Crippen LogP contribution in [0.1, 0.15) is 27.3 Å². The maximum absolute atomic E-state index is 12.9. The van der Waals surface area contributed by atoms with E-state index in [-0.39, 0.29) is 11.3 Å². The van der Waals surface area contributed by atoms with E-state index in [4.69, 9.17) is 0 Å². The number of benzene rings is 1. The van der Waals surface area contributed by atoms with Gasteiger partial charge in [-0.1, -0.05) is 6.07 Å². The number of halogens is 3. The summed E-state index contributed by atoms with van der Waals surface area (Å²) in [6.45, 7) is 3.42. The van der Waals surface area contributed by atoms with Gasteiger partial charge < -0.3 is 5.32 Å². The Hall–Kier alpha value is -3.10. The van der Waals surface area contributed by atoms with Crippen LogP contribution in [-0.2, 0) is 13.2 Å². The van der Waals surface area contributed by atoms with Gasteiger partial charge in [0.05, 0.1) is 34.4 Å². The standard InChI is InChI=1S/C17H16F3N5O/c1-10-7-15(24(3)23-10)22-16(26)14-9-21-25(11(14)2)13-6-4-5-12(8-13)17(18,19)20/h4-9H,1-3H3,(H,22,26). The Kier molecular flexibility index (Phi) is 4.31. The summed E-state index contributed by atoms with van der Waals surface area (Å²) in [5.41, 5.74) is 0.898. The van der Waals surface area contributed by atoms with Crippen LogP contribution in [0.3, 0.4) is 0 Å². The zero-order chi connectivity index (χ0) is 19.1. The fraction of sp³-hybridized carbons (Fsp3) is 0.235. The van der Waals surface area contributed by atoms with Crippen molar-refractivity contribution < 1.29 is 18.0 Å². The van der Waals surface area contributed by atoms with Crippen molar-refractivity contribution in [3.63, 3.8) is 0 Å². The lowest BCUT2D eigenvalue weighted by molar-refractivity contribution is -0.137. The molecule has 0 bridgehead atoms. The molecule has 9 heteroatoms. The van der Waals surface area contributed by atoms with Crippen LogP contribution >= 0.6 is 0 Å². The fourth-order valence-electron chi connectivity index (χ4n) is 2.62. The number of hydrogen-bond acceptors (Lipinski definition) is 3. The van der Waals surface area contributed by atoms with Crippen LogP contribution in [0.25, 0.3) is 5.69 Å². The zero-order valence-corrected chi connectivity index (χ0v) is 14.3. The quantitative estimate of drug-likeness (QED) is 0.775. The minimum absolute atomic E-state index is 0.229. The smallest absolute Gasteiger partial charge is 0.307 e. The molecule has 1 aromatic carbocycles. The van der Waals surface area contributed by atoms with Gasteiger partial charge in [-0.05, 0) is 32.0 Å². The molecule has 0 radical (unpaired) electrons. The van der Waals surface area contributed by atoms with E-state index in [9.17, 15) is 18.0 Å². The first kappa shape index (κ1) is 17.7. The number of nitrogens with one attached hydrogen (secondary N) is 1. The summed E-state index contributed by atoms with van der Waals surface area (Å²) in [6, 6.07) is 6.50. The average Bonchev–Trinajstić information content (AvgIpc) is 3.09. The molecule has 0 saturated heterocycles. The molecule has 1 N–H and O–H groups in total. The first-order valence-electron chi connectivity index (χ1n) is 7.71. The largest absolute Gasteiger partial charge is 0.416 e. The lowest BCUT2D eigenvalue weighted by Crippen LogP contribution is -2.15. The summed E-state index contributed by atoms with van der Waals surface area (Å²) in [5.74, 6) is 0.0995. The molecular formula is C17H16F3N5O. The predicted molar refractivity (Wildman–Crippen MR) is 89.2 cm³/mol. The first-order valence-corrected chi connectivity index (χ1v) is 7.71. The second-order valence-electron chi connectivity index (χ2n) is 5.85. The number of aromatic nitrogens is 4. The summed E-state index contributed by atoms with van der Waals surface area (Å²) in [5, 5.41) is 10.9. The molecule has 136 valence electrons. The van der Waals surface area contributed by atoms with Gasteiger partial charge in [-0.2, -0.15) is 23.4 Å². The van der Waals surface area contributed by atoms with E-state index in [2.05, 4.69) is 15.5 Å². The normalized spacial score (nSPS) is 11.6. The molecule has 2 heterocycles. The van der Waals surface area contributed by atoms with Crippen molar-refractivity contribution >= 4 is 11.7 Å². The maximum atomic E-state index is 12.9. The Balaban J connectivity index is 1.91. The third-order valence-corrected chi connectivity index (χ3v) is 3.92. The molecule has 0 fully saturated rings. The maximum Gasteiger partial charge on any atom is 0.416 e. The van der Waals surface area contributed by atoms with Crippen molar-refractivity contribution in [3.8, 4) is 5.69 Å². The van der Waals surface area contributed by atoms with E-state index in [1.54, 1.807) is 27.0 Å². The van der Waals surface area contributed by atoms with Gasteiger partial charge >= 0.3 is 6.18 Å². The average molecular weight is 363 g/mol. The van der Waals surface area contributed by atoms with Crippen LogP contribution in [0.5, 0.6) is 0 Å². The molecule has 6 nitrogen and oxygen atoms in total. The number of rotatable bonds is 3. The summed E-state index contributed by atoms with van der Waals surface area (Å²) >= 11 is 0. The molecule has 3 aromatic rings. The second kappa shape index (κ2) is 6.32. The number of carbonyl (C=O) groups is 1. The Morgan fingerprint density at radius 2 is 1.92 bits per heavy atom. The highest BCUT2D eigenvalue weighted by Gasteiger charge is 2.30. The molecule has 0 aliphatic rings. The summed E-state index contributed by atoms with van der Waals surface area (Å²) < 4.78 is 41.5. The third kappa shape index (κ3) is 3.32. The van der Waals surface area contributed by atoms with E-state index < -0.39 is 17.6 Å². The Morgan fingerprint density at radius 1 is 1.19 bits per heavy atom. The molecule has 0 atom stereocenters. The number of anilines is 1. The Labute approximate surface area is 147 Å². The molecule has 26 heavy (non-hydrogen) atoms. The number of hydrogen-bond donors (Lipinski definition) is 1. The van der Waals surface area contributed by atoms with E-state index in [0.29, 0.717) is 11.5 Å². The minimum atomic E-state index is -4.45. The molecule has 0 spiro atoms. The van der Waals surface area contributed by atoms with Crippen LogP contribution in [0.15, 0.2) is 36.5 Å². The van der Waals surface area contributed by atoms with Crippen molar-refractivity contribution in [3.05, 3.63) is 59.0 Å².